The average Bonchev–Trinajstić information content (AvgIpc) is 2.78. The Hall–Kier alpha value is -2.03. The summed E-state index contributed by atoms with van der Waals surface area (Å²) in [5.41, 5.74) is 1.80. The number of carbonyl (C=O) groups is 1. The molecule has 0 spiro atoms. The molecule has 0 bridgehead atoms. The first-order valence-corrected chi connectivity index (χ1v) is 13.7. The van der Waals surface area contributed by atoms with Crippen molar-refractivity contribution in [2.45, 2.75) is 49.8 Å². The molecule has 3 rings (SSSR count). The number of thioether (sulfide) groups is 1. The van der Waals surface area contributed by atoms with Crippen LogP contribution in [0, 0.1) is 18.8 Å². The fraction of sp³-hybridized carbons (Fsp3) is 0.480. The molecule has 1 aliphatic heterocycles. The number of methoxy groups -OCH3 is 1. The van der Waals surface area contributed by atoms with E-state index in [0.29, 0.717) is 18.1 Å². The number of aliphatic carboxylic acids is 1. The van der Waals surface area contributed by atoms with E-state index in [9.17, 15) is 18.3 Å². The van der Waals surface area contributed by atoms with E-state index in [1.54, 1.807) is 43.1 Å². The quantitative estimate of drug-likeness (QED) is 0.532. The second-order valence-electron chi connectivity index (χ2n) is 8.95. The molecule has 1 aliphatic rings. The first-order valence-electron chi connectivity index (χ1n) is 11.2. The Morgan fingerprint density at radius 2 is 1.79 bits per heavy atom. The van der Waals surface area contributed by atoms with Gasteiger partial charge in [0.2, 0.25) is 10.0 Å². The summed E-state index contributed by atoms with van der Waals surface area (Å²) in [5, 5.41) is 9.81. The SMILES string of the molecule is COc1ccc([C@@H]2C[C@@H](SCCC(C)C)[C@H](C(=O)O)CN2S(=O)(=O)c2ccc(C)cc2)cc1. The molecule has 1 N–H and O–H groups in total. The number of sulfonamides is 1. The van der Waals surface area contributed by atoms with E-state index in [2.05, 4.69) is 13.8 Å². The molecule has 0 unspecified atom stereocenters. The van der Waals surface area contributed by atoms with Gasteiger partial charge in [0.05, 0.1) is 24.0 Å². The number of ether oxygens (including phenoxy) is 1. The third kappa shape index (κ3) is 6.11. The van der Waals surface area contributed by atoms with Crippen LogP contribution in [0.25, 0.3) is 0 Å². The van der Waals surface area contributed by atoms with Crippen LogP contribution in [0.4, 0.5) is 0 Å². The van der Waals surface area contributed by atoms with Crippen molar-refractivity contribution >= 4 is 27.8 Å². The topological polar surface area (TPSA) is 83.9 Å². The summed E-state index contributed by atoms with van der Waals surface area (Å²) >= 11 is 1.65. The number of hydrogen-bond acceptors (Lipinski definition) is 5. The van der Waals surface area contributed by atoms with E-state index in [0.717, 1.165) is 23.3 Å². The van der Waals surface area contributed by atoms with Gasteiger partial charge in [-0.15, -0.1) is 0 Å². The number of carboxylic acid groups (broad SMARTS) is 1. The Balaban J connectivity index is 2.00. The third-order valence-corrected chi connectivity index (χ3v) is 9.41. The molecule has 0 aromatic heterocycles. The summed E-state index contributed by atoms with van der Waals surface area (Å²) < 4.78 is 34.0. The van der Waals surface area contributed by atoms with E-state index in [1.165, 1.54) is 4.31 Å². The van der Waals surface area contributed by atoms with Crippen LogP contribution in [0.5, 0.6) is 5.75 Å². The van der Waals surface area contributed by atoms with Gasteiger partial charge in [-0.25, -0.2) is 8.42 Å². The minimum atomic E-state index is -3.89. The number of benzene rings is 2. The normalized spacial score (nSPS) is 21.8. The van der Waals surface area contributed by atoms with Crippen LogP contribution in [-0.4, -0.2) is 48.5 Å². The van der Waals surface area contributed by atoms with Gasteiger partial charge >= 0.3 is 5.97 Å². The Labute approximate surface area is 201 Å². The highest BCUT2D eigenvalue weighted by molar-refractivity contribution is 7.99. The molecule has 8 heteroatoms. The molecule has 1 saturated heterocycles. The first kappa shape index (κ1) is 25.6. The molecule has 3 atom stereocenters. The largest absolute Gasteiger partial charge is 0.497 e. The minimum Gasteiger partial charge on any atom is -0.497 e. The molecule has 180 valence electrons. The Morgan fingerprint density at radius 3 is 2.33 bits per heavy atom. The van der Waals surface area contributed by atoms with E-state index in [-0.39, 0.29) is 16.7 Å². The van der Waals surface area contributed by atoms with Crippen molar-refractivity contribution in [1.82, 2.24) is 4.31 Å². The molecule has 0 radical (unpaired) electrons. The summed E-state index contributed by atoms with van der Waals surface area (Å²) in [6.07, 6.45) is 1.43. The van der Waals surface area contributed by atoms with Crippen molar-refractivity contribution in [2.75, 3.05) is 19.4 Å². The number of aryl methyl sites for hydroxylation is 1. The van der Waals surface area contributed by atoms with Crippen molar-refractivity contribution in [3.05, 3.63) is 59.7 Å². The van der Waals surface area contributed by atoms with Gasteiger partial charge in [0.15, 0.2) is 0 Å². The van der Waals surface area contributed by atoms with Crippen molar-refractivity contribution in [2.24, 2.45) is 11.8 Å². The van der Waals surface area contributed by atoms with Crippen LogP contribution >= 0.6 is 11.8 Å². The number of rotatable bonds is 9. The predicted molar refractivity (Wildman–Crippen MR) is 132 cm³/mol. The molecular formula is C25H33NO5S2. The fourth-order valence-corrected chi connectivity index (χ4v) is 7.37. The highest BCUT2D eigenvalue weighted by Gasteiger charge is 2.45. The van der Waals surface area contributed by atoms with Gasteiger partial charge in [-0.05, 0) is 61.3 Å². The van der Waals surface area contributed by atoms with Gasteiger partial charge in [-0.3, -0.25) is 4.79 Å². The minimum absolute atomic E-state index is 0.0540. The highest BCUT2D eigenvalue weighted by atomic mass is 32.2. The zero-order chi connectivity index (χ0) is 24.2. The maximum absolute atomic E-state index is 13.7. The molecule has 2 aromatic rings. The number of piperidine rings is 1. The lowest BCUT2D eigenvalue weighted by molar-refractivity contribution is -0.143. The smallest absolute Gasteiger partial charge is 0.308 e. The lowest BCUT2D eigenvalue weighted by atomic mass is 9.90. The fourth-order valence-electron chi connectivity index (χ4n) is 4.06. The van der Waals surface area contributed by atoms with E-state index < -0.39 is 28.0 Å². The van der Waals surface area contributed by atoms with Crippen LogP contribution in [-0.2, 0) is 14.8 Å². The summed E-state index contributed by atoms with van der Waals surface area (Å²) in [6, 6.07) is 13.6. The van der Waals surface area contributed by atoms with E-state index in [1.807, 2.05) is 31.2 Å². The van der Waals surface area contributed by atoms with Gasteiger partial charge in [-0.1, -0.05) is 43.7 Å². The molecule has 0 amide bonds. The number of carboxylic acids is 1. The summed E-state index contributed by atoms with van der Waals surface area (Å²) in [4.78, 5) is 12.4. The molecule has 33 heavy (non-hydrogen) atoms. The Bertz CT molecular complexity index is 1040. The van der Waals surface area contributed by atoms with Gasteiger partial charge in [0, 0.05) is 11.8 Å². The Kier molecular flexibility index (Phi) is 8.48. The van der Waals surface area contributed by atoms with E-state index >= 15 is 0 Å². The Morgan fingerprint density at radius 1 is 1.15 bits per heavy atom. The van der Waals surface area contributed by atoms with Crippen LogP contribution in [0.15, 0.2) is 53.4 Å². The van der Waals surface area contributed by atoms with E-state index in [4.69, 9.17) is 4.74 Å². The standard InChI is InChI=1S/C25H33NO5S2/c1-17(2)13-14-32-24-15-23(19-7-9-20(31-4)10-8-19)26(16-22(24)25(27)28)33(29,30)21-11-5-18(3)6-12-21/h5-12,17,22-24H,13-16H2,1-4H3,(H,27,28)/t22-,23+,24-/m1/s1. The monoisotopic (exact) mass is 491 g/mol. The lowest BCUT2D eigenvalue weighted by Crippen LogP contribution is -2.49. The van der Waals surface area contributed by atoms with Gasteiger partial charge in [0.25, 0.3) is 0 Å². The highest BCUT2D eigenvalue weighted by Crippen LogP contribution is 2.42. The summed E-state index contributed by atoms with van der Waals surface area (Å²) in [5.74, 6) is 0.353. The molecule has 6 nitrogen and oxygen atoms in total. The summed E-state index contributed by atoms with van der Waals surface area (Å²) in [6.45, 7) is 6.14. The molecular weight excluding hydrogens is 458 g/mol. The van der Waals surface area contributed by atoms with Gasteiger partial charge in [0.1, 0.15) is 5.75 Å². The van der Waals surface area contributed by atoms with Gasteiger partial charge < -0.3 is 9.84 Å². The zero-order valence-electron chi connectivity index (χ0n) is 19.6. The van der Waals surface area contributed by atoms with Gasteiger partial charge in [-0.2, -0.15) is 16.1 Å². The third-order valence-electron chi connectivity index (χ3n) is 6.10. The predicted octanol–water partition coefficient (Wildman–Crippen LogP) is 4.99. The molecule has 0 aliphatic carbocycles. The molecule has 0 saturated carbocycles. The van der Waals surface area contributed by atoms with Crippen LogP contribution in [0.1, 0.15) is 43.9 Å². The zero-order valence-corrected chi connectivity index (χ0v) is 21.2. The van der Waals surface area contributed by atoms with Crippen LogP contribution in [0.3, 0.4) is 0 Å². The molecule has 1 heterocycles. The first-order chi connectivity index (χ1) is 15.6. The lowest BCUT2D eigenvalue weighted by Gasteiger charge is -2.42. The van der Waals surface area contributed by atoms with Crippen molar-refractivity contribution in [1.29, 1.82) is 0 Å². The maximum atomic E-state index is 13.7. The molecule has 1 fully saturated rings. The second kappa shape index (κ2) is 10.9. The second-order valence-corrected chi connectivity index (χ2v) is 12.2. The van der Waals surface area contributed by atoms with Crippen molar-refractivity contribution in [3.63, 3.8) is 0 Å². The average molecular weight is 492 g/mol. The summed E-state index contributed by atoms with van der Waals surface area (Å²) in [7, 11) is -2.30. The molecule has 2 aromatic carbocycles. The van der Waals surface area contributed by atoms with Crippen LogP contribution in [0.2, 0.25) is 0 Å². The maximum Gasteiger partial charge on any atom is 0.308 e. The van der Waals surface area contributed by atoms with Crippen molar-refractivity contribution < 1.29 is 23.1 Å². The number of nitrogens with zero attached hydrogens (tertiary/aromatic N) is 1. The number of hydrogen-bond donors (Lipinski definition) is 1. The van der Waals surface area contributed by atoms with Crippen LogP contribution < -0.4 is 4.74 Å². The van der Waals surface area contributed by atoms with Crippen molar-refractivity contribution in [3.8, 4) is 5.75 Å².